The van der Waals surface area contributed by atoms with Crippen LogP contribution >= 0.6 is 0 Å². The summed E-state index contributed by atoms with van der Waals surface area (Å²) in [6.45, 7) is 4.72. The molecular weight excluding hydrogens is 316 g/mol. The number of rotatable bonds is 6. The lowest BCUT2D eigenvalue weighted by molar-refractivity contribution is 0.0725. The minimum atomic E-state index is 0.0556. The van der Waals surface area contributed by atoms with E-state index in [1.165, 1.54) is 6.42 Å². The minimum Gasteiger partial charge on any atom is -0.478 e. The summed E-state index contributed by atoms with van der Waals surface area (Å²) in [6.07, 6.45) is 6.78. The zero-order chi connectivity index (χ0) is 17.5. The second kappa shape index (κ2) is 8.46. The molecular formula is C19H24N4O2. The molecule has 0 aromatic carbocycles. The molecule has 2 aromatic heterocycles. The zero-order valence-electron chi connectivity index (χ0n) is 14.6. The maximum Gasteiger partial charge on any atom is 0.257 e. The summed E-state index contributed by atoms with van der Waals surface area (Å²) >= 11 is 0. The molecule has 3 rings (SSSR count). The van der Waals surface area contributed by atoms with Crippen LogP contribution in [0.25, 0.3) is 0 Å². The predicted molar refractivity (Wildman–Crippen MR) is 96.7 cm³/mol. The highest BCUT2D eigenvalue weighted by Crippen LogP contribution is 2.19. The van der Waals surface area contributed by atoms with Crippen molar-refractivity contribution in [2.45, 2.75) is 32.7 Å². The molecule has 1 amide bonds. The van der Waals surface area contributed by atoms with Crippen LogP contribution in [0.15, 0.2) is 36.7 Å². The van der Waals surface area contributed by atoms with Crippen molar-refractivity contribution < 1.29 is 9.53 Å². The molecule has 1 saturated heterocycles. The third kappa shape index (κ3) is 4.47. The molecule has 1 aliphatic rings. The average molecular weight is 340 g/mol. The second-order valence-corrected chi connectivity index (χ2v) is 6.04. The van der Waals surface area contributed by atoms with Crippen LogP contribution in [-0.2, 0) is 6.54 Å². The van der Waals surface area contributed by atoms with Gasteiger partial charge in [0.15, 0.2) is 0 Å². The Kier molecular flexibility index (Phi) is 5.82. The van der Waals surface area contributed by atoms with Crippen LogP contribution in [0.1, 0.15) is 42.1 Å². The van der Waals surface area contributed by atoms with Gasteiger partial charge in [-0.05, 0) is 49.9 Å². The summed E-state index contributed by atoms with van der Waals surface area (Å²) in [5.41, 5.74) is 1.66. The number of pyridine rings is 2. The number of nitrogens with zero attached hydrogens (tertiary/aromatic N) is 3. The Morgan fingerprint density at radius 2 is 2.04 bits per heavy atom. The minimum absolute atomic E-state index is 0.0556. The first-order chi connectivity index (χ1) is 12.3. The van der Waals surface area contributed by atoms with E-state index in [4.69, 9.17) is 4.74 Å². The Morgan fingerprint density at radius 1 is 1.20 bits per heavy atom. The molecule has 1 fully saturated rings. The Morgan fingerprint density at radius 3 is 2.84 bits per heavy atom. The second-order valence-electron chi connectivity index (χ2n) is 6.04. The Hall–Kier alpha value is -2.63. The summed E-state index contributed by atoms with van der Waals surface area (Å²) in [6, 6.07) is 7.46. The number of likely N-dealkylation sites (tertiary alicyclic amines) is 1. The summed E-state index contributed by atoms with van der Waals surface area (Å²) in [5, 5.41) is 3.28. The third-order valence-corrected chi connectivity index (χ3v) is 4.23. The lowest BCUT2D eigenvalue weighted by Crippen LogP contribution is -2.36. The standard InChI is InChI=1S/C19H24N4O2/c1-2-25-17-13-15(8-10-20-17)14-22-18-16(7-6-9-21-18)19(24)23-11-4-3-5-12-23/h6-10,13H,2-5,11-12,14H2,1H3,(H,21,22). The van der Waals surface area contributed by atoms with Crippen molar-refractivity contribution in [2.24, 2.45) is 0 Å². The van der Waals surface area contributed by atoms with Crippen LogP contribution in [-0.4, -0.2) is 40.5 Å². The average Bonchev–Trinajstić information content (AvgIpc) is 2.67. The zero-order valence-corrected chi connectivity index (χ0v) is 14.6. The van der Waals surface area contributed by atoms with E-state index in [2.05, 4.69) is 15.3 Å². The van der Waals surface area contributed by atoms with Gasteiger partial charge in [-0.3, -0.25) is 4.79 Å². The smallest absolute Gasteiger partial charge is 0.257 e. The lowest BCUT2D eigenvalue weighted by atomic mass is 10.1. The molecule has 6 nitrogen and oxygen atoms in total. The van der Waals surface area contributed by atoms with E-state index < -0.39 is 0 Å². The van der Waals surface area contributed by atoms with Gasteiger partial charge in [-0.1, -0.05) is 0 Å². The number of hydrogen-bond donors (Lipinski definition) is 1. The van der Waals surface area contributed by atoms with Crippen LogP contribution in [0.4, 0.5) is 5.82 Å². The first kappa shape index (κ1) is 17.2. The number of nitrogens with one attached hydrogen (secondary N) is 1. The maximum absolute atomic E-state index is 12.8. The highest BCUT2D eigenvalue weighted by Gasteiger charge is 2.21. The van der Waals surface area contributed by atoms with Gasteiger partial charge in [-0.25, -0.2) is 9.97 Å². The molecule has 0 bridgehead atoms. The molecule has 6 heteroatoms. The third-order valence-electron chi connectivity index (χ3n) is 4.23. The fourth-order valence-corrected chi connectivity index (χ4v) is 2.96. The molecule has 0 radical (unpaired) electrons. The summed E-state index contributed by atoms with van der Waals surface area (Å²) in [5.74, 6) is 1.28. The largest absolute Gasteiger partial charge is 0.478 e. The van der Waals surface area contributed by atoms with Crippen LogP contribution < -0.4 is 10.1 Å². The van der Waals surface area contributed by atoms with Gasteiger partial charge in [0.1, 0.15) is 5.82 Å². The quantitative estimate of drug-likeness (QED) is 0.875. The van der Waals surface area contributed by atoms with E-state index in [-0.39, 0.29) is 5.91 Å². The lowest BCUT2D eigenvalue weighted by Gasteiger charge is -2.27. The predicted octanol–water partition coefficient (Wildman–Crippen LogP) is 3.11. The van der Waals surface area contributed by atoms with E-state index in [1.807, 2.05) is 36.1 Å². The van der Waals surface area contributed by atoms with Crippen molar-refractivity contribution in [3.63, 3.8) is 0 Å². The normalized spacial score (nSPS) is 14.2. The Bertz CT molecular complexity index is 714. The van der Waals surface area contributed by atoms with Gasteiger partial charge in [0.05, 0.1) is 12.2 Å². The number of carbonyl (C=O) groups is 1. The van der Waals surface area contributed by atoms with Crippen molar-refractivity contribution in [1.82, 2.24) is 14.9 Å². The molecule has 1 N–H and O–H groups in total. The summed E-state index contributed by atoms with van der Waals surface area (Å²) in [4.78, 5) is 23.2. The number of piperidine rings is 1. The van der Waals surface area contributed by atoms with Crippen molar-refractivity contribution in [2.75, 3.05) is 25.0 Å². The molecule has 0 atom stereocenters. The molecule has 0 aliphatic carbocycles. The van der Waals surface area contributed by atoms with Crippen LogP contribution in [0, 0.1) is 0 Å². The molecule has 132 valence electrons. The molecule has 3 heterocycles. The molecule has 0 saturated carbocycles. The maximum atomic E-state index is 12.8. The highest BCUT2D eigenvalue weighted by atomic mass is 16.5. The fraction of sp³-hybridized carbons (Fsp3) is 0.421. The Labute approximate surface area is 148 Å². The topological polar surface area (TPSA) is 67.3 Å². The van der Waals surface area contributed by atoms with Gasteiger partial charge in [0.25, 0.3) is 5.91 Å². The van der Waals surface area contributed by atoms with Crippen LogP contribution in [0.5, 0.6) is 5.88 Å². The molecule has 25 heavy (non-hydrogen) atoms. The molecule has 0 spiro atoms. The highest BCUT2D eigenvalue weighted by molar-refractivity contribution is 5.98. The van der Waals surface area contributed by atoms with Gasteiger partial charge < -0.3 is 15.0 Å². The van der Waals surface area contributed by atoms with E-state index in [0.717, 1.165) is 31.5 Å². The van der Waals surface area contributed by atoms with Crippen molar-refractivity contribution in [3.8, 4) is 5.88 Å². The van der Waals surface area contributed by atoms with E-state index >= 15 is 0 Å². The van der Waals surface area contributed by atoms with Crippen LogP contribution in [0.2, 0.25) is 0 Å². The van der Waals surface area contributed by atoms with Crippen molar-refractivity contribution >= 4 is 11.7 Å². The Balaban J connectivity index is 1.70. The van der Waals surface area contributed by atoms with Gasteiger partial charge in [-0.15, -0.1) is 0 Å². The van der Waals surface area contributed by atoms with Gasteiger partial charge in [0, 0.05) is 38.1 Å². The monoisotopic (exact) mass is 340 g/mol. The first-order valence-corrected chi connectivity index (χ1v) is 8.84. The van der Waals surface area contributed by atoms with E-state index in [9.17, 15) is 4.79 Å². The number of amides is 1. The number of ether oxygens (including phenoxy) is 1. The van der Waals surface area contributed by atoms with Crippen LogP contribution in [0.3, 0.4) is 0 Å². The fourth-order valence-electron chi connectivity index (χ4n) is 2.96. The SMILES string of the molecule is CCOc1cc(CNc2ncccc2C(=O)N2CCCCC2)ccn1. The summed E-state index contributed by atoms with van der Waals surface area (Å²) in [7, 11) is 0. The number of hydrogen-bond acceptors (Lipinski definition) is 5. The van der Waals surface area contributed by atoms with Crippen molar-refractivity contribution in [3.05, 3.63) is 47.8 Å². The van der Waals surface area contributed by atoms with Crippen molar-refractivity contribution in [1.29, 1.82) is 0 Å². The molecule has 2 aromatic rings. The summed E-state index contributed by atoms with van der Waals surface area (Å²) < 4.78 is 5.42. The van der Waals surface area contributed by atoms with Gasteiger partial charge in [-0.2, -0.15) is 0 Å². The first-order valence-electron chi connectivity index (χ1n) is 8.84. The molecule has 1 aliphatic heterocycles. The molecule has 0 unspecified atom stereocenters. The number of aromatic nitrogens is 2. The van der Waals surface area contributed by atoms with E-state index in [1.54, 1.807) is 12.4 Å². The van der Waals surface area contributed by atoms with E-state index in [0.29, 0.717) is 30.4 Å². The number of anilines is 1. The van der Waals surface area contributed by atoms with Gasteiger partial charge in [0.2, 0.25) is 5.88 Å². The number of carbonyl (C=O) groups excluding carboxylic acids is 1. The van der Waals surface area contributed by atoms with Gasteiger partial charge >= 0.3 is 0 Å².